The Balaban J connectivity index is 1.79. The maximum Gasteiger partial charge on any atom is 0.418 e. The molecule has 1 N–H and O–H groups in total. The fraction of sp³-hybridized carbons (Fsp3) is 0.222. The first kappa shape index (κ1) is 26.8. The minimum absolute atomic E-state index is 0.0997. The predicted molar refractivity (Wildman–Crippen MR) is 141 cm³/mol. The van der Waals surface area contributed by atoms with Crippen molar-refractivity contribution in [2.24, 2.45) is 5.92 Å². The number of hydrogen-bond donors (Lipinski definition) is 1. The highest BCUT2D eigenvalue weighted by atomic mass is 35.5. The van der Waals surface area contributed by atoms with Gasteiger partial charge in [-0.15, -0.1) is 0 Å². The summed E-state index contributed by atoms with van der Waals surface area (Å²) in [5.74, 6) is -0.588. The Bertz CT molecular complexity index is 1490. The summed E-state index contributed by atoms with van der Waals surface area (Å²) in [5.41, 5.74) is -0.684. The van der Waals surface area contributed by atoms with Crippen molar-refractivity contribution in [3.8, 4) is 0 Å². The van der Waals surface area contributed by atoms with Gasteiger partial charge in [-0.1, -0.05) is 79.7 Å². The molecule has 1 aromatic heterocycles. The second kappa shape index (κ2) is 11.0. The number of fused-ring (bicyclic) bond motifs is 1. The van der Waals surface area contributed by atoms with E-state index in [1.165, 1.54) is 10.6 Å². The lowest BCUT2D eigenvalue weighted by atomic mass is 10.1. The maximum absolute atomic E-state index is 13.7. The number of hydrogen-bond acceptors (Lipinski definition) is 4. The summed E-state index contributed by atoms with van der Waals surface area (Å²) in [4.78, 5) is 31.5. The molecule has 10 heteroatoms. The van der Waals surface area contributed by atoms with E-state index in [9.17, 15) is 22.8 Å². The van der Waals surface area contributed by atoms with Crippen molar-refractivity contribution >= 4 is 45.9 Å². The Morgan fingerprint density at radius 1 is 1.05 bits per heavy atom. The molecule has 0 spiro atoms. The number of anilines is 1. The summed E-state index contributed by atoms with van der Waals surface area (Å²) in [6, 6.07) is 18.7. The second-order valence-corrected chi connectivity index (χ2v) is 10.3. The third-order valence-corrected chi connectivity index (χ3v) is 6.96. The quantitative estimate of drug-likeness (QED) is 0.197. The highest BCUT2D eigenvalue weighted by Gasteiger charge is 2.35. The maximum atomic E-state index is 13.7. The molecule has 0 fully saturated rings. The molecule has 1 atom stereocenters. The molecular formula is C27H23ClF3N3O2S. The van der Waals surface area contributed by atoms with Crippen molar-refractivity contribution in [1.29, 1.82) is 0 Å². The number of para-hydroxylation sites is 1. The molecular weight excluding hydrogens is 523 g/mol. The van der Waals surface area contributed by atoms with Crippen molar-refractivity contribution in [3.05, 3.63) is 99.3 Å². The third-order valence-electron chi connectivity index (χ3n) is 5.48. The normalized spacial score (nSPS) is 12.6. The van der Waals surface area contributed by atoms with Crippen LogP contribution < -0.4 is 10.9 Å². The number of thioether (sulfide) groups is 1. The minimum atomic E-state index is -4.72. The molecule has 0 radical (unpaired) electrons. The van der Waals surface area contributed by atoms with Crippen LogP contribution in [-0.2, 0) is 17.5 Å². The molecule has 37 heavy (non-hydrogen) atoms. The molecule has 4 aromatic rings. The highest BCUT2D eigenvalue weighted by Crippen LogP contribution is 2.39. The average molecular weight is 546 g/mol. The first-order valence-electron chi connectivity index (χ1n) is 11.4. The number of aromatic nitrogens is 2. The van der Waals surface area contributed by atoms with Crippen LogP contribution in [0, 0.1) is 5.92 Å². The van der Waals surface area contributed by atoms with Gasteiger partial charge >= 0.3 is 6.18 Å². The number of carbonyl (C=O) groups is 1. The minimum Gasteiger partial charge on any atom is -0.324 e. The molecule has 1 amide bonds. The predicted octanol–water partition coefficient (Wildman–Crippen LogP) is 7.20. The number of benzene rings is 3. The zero-order valence-corrected chi connectivity index (χ0v) is 21.5. The van der Waals surface area contributed by atoms with Gasteiger partial charge in [0.2, 0.25) is 5.91 Å². The largest absolute Gasteiger partial charge is 0.418 e. The van der Waals surface area contributed by atoms with Gasteiger partial charge in [-0.2, -0.15) is 13.2 Å². The molecule has 192 valence electrons. The van der Waals surface area contributed by atoms with Gasteiger partial charge in [0, 0.05) is 11.6 Å². The molecule has 1 unspecified atom stereocenters. The fourth-order valence-electron chi connectivity index (χ4n) is 3.83. The van der Waals surface area contributed by atoms with Crippen molar-refractivity contribution in [2.75, 3.05) is 5.32 Å². The first-order chi connectivity index (χ1) is 17.5. The number of alkyl halides is 3. The van der Waals surface area contributed by atoms with Gasteiger partial charge in [-0.05, 0) is 41.8 Å². The number of halogens is 4. The number of rotatable bonds is 7. The molecule has 5 nitrogen and oxygen atoms in total. The smallest absolute Gasteiger partial charge is 0.324 e. The molecule has 0 bridgehead atoms. The van der Waals surface area contributed by atoms with E-state index >= 15 is 0 Å². The lowest BCUT2D eigenvalue weighted by Gasteiger charge is -2.21. The number of amides is 1. The van der Waals surface area contributed by atoms with Crippen LogP contribution in [0.25, 0.3) is 10.9 Å². The Hall–Kier alpha value is -3.30. The number of nitrogens with zero attached hydrogens (tertiary/aromatic N) is 2. The molecule has 0 aliphatic heterocycles. The molecule has 4 rings (SSSR count). The summed E-state index contributed by atoms with van der Waals surface area (Å²) in [6.07, 6.45) is -4.72. The van der Waals surface area contributed by atoms with E-state index in [1.54, 1.807) is 54.6 Å². The Morgan fingerprint density at radius 3 is 2.41 bits per heavy atom. The SMILES string of the molecule is CC(C)Cn1c(SC(C(=O)Nc2ccc(Cl)cc2C(F)(F)F)c2ccccc2)nc2ccccc2c1=O. The van der Waals surface area contributed by atoms with Gasteiger partial charge in [0.05, 0.1) is 22.2 Å². The number of carbonyl (C=O) groups excluding carboxylic acids is 1. The molecule has 0 saturated carbocycles. The van der Waals surface area contributed by atoms with E-state index in [-0.39, 0.29) is 16.5 Å². The topological polar surface area (TPSA) is 64.0 Å². The lowest BCUT2D eigenvalue weighted by Crippen LogP contribution is -2.27. The van der Waals surface area contributed by atoms with E-state index in [4.69, 9.17) is 11.6 Å². The van der Waals surface area contributed by atoms with Gasteiger partial charge < -0.3 is 5.32 Å². The summed E-state index contributed by atoms with van der Waals surface area (Å²) < 4.78 is 42.5. The van der Waals surface area contributed by atoms with Crippen LogP contribution in [0.3, 0.4) is 0 Å². The highest BCUT2D eigenvalue weighted by molar-refractivity contribution is 8.00. The zero-order valence-electron chi connectivity index (χ0n) is 19.9. The average Bonchev–Trinajstić information content (AvgIpc) is 2.85. The van der Waals surface area contributed by atoms with Crippen LogP contribution in [0.2, 0.25) is 5.02 Å². The van der Waals surface area contributed by atoms with E-state index in [0.29, 0.717) is 28.2 Å². The number of nitrogens with one attached hydrogen (secondary N) is 1. The van der Waals surface area contributed by atoms with Crippen molar-refractivity contribution in [3.63, 3.8) is 0 Å². The van der Waals surface area contributed by atoms with Crippen molar-refractivity contribution in [1.82, 2.24) is 9.55 Å². The van der Waals surface area contributed by atoms with Crippen LogP contribution in [0.15, 0.2) is 82.7 Å². The van der Waals surface area contributed by atoms with Gasteiger partial charge in [0.15, 0.2) is 5.16 Å². The van der Waals surface area contributed by atoms with Gasteiger partial charge in [-0.25, -0.2) is 4.98 Å². The Morgan fingerprint density at radius 2 is 1.73 bits per heavy atom. The van der Waals surface area contributed by atoms with Gasteiger partial charge in [0.25, 0.3) is 5.56 Å². The fourth-order valence-corrected chi connectivity index (χ4v) is 5.11. The van der Waals surface area contributed by atoms with E-state index in [0.717, 1.165) is 23.9 Å². The molecule has 3 aromatic carbocycles. The zero-order chi connectivity index (χ0) is 26.7. The Kier molecular flexibility index (Phi) is 7.94. The van der Waals surface area contributed by atoms with E-state index in [2.05, 4.69) is 10.3 Å². The standard InChI is InChI=1S/C27H23ClF3N3O2S/c1-16(2)15-34-25(36)19-10-6-7-11-21(19)33-26(34)37-23(17-8-4-3-5-9-17)24(35)32-22-13-12-18(28)14-20(22)27(29,30)31/h3-14,16,23H,15H2,1-2H3,(H,32,35). The monoisotopic (exact) mass is 545 g/mol. The molecule has 1 heterocycles. The van der Waals surface area contributed by atoms with Crippen LogP contribution >= 0.6 is 23.4 Å². The second-order valence-electron chi connectivity index (χ2n) is 8.81. The van der Waals surface area contributed by atoms with Gasteiger partial charge in [-0.3, -0.25) is 14.2 Å². The van der Waals surface area contributed by atoms with Gasteiger partial charge in [0.1, 0.15) is 5.25 Å². The van der Waals surface area contributed by atoms with Crippen molar-refractivity contribution < 1.29 is 18.0 Å². The van der Waals surface area contributed by atoms with E-state index < -0.39 is 28.6 Å². The summed E-state index contributed by atoms with van der Waals surface area (Å²) in [7, 11) is 0. The molecule has 0 aliphatic carbocycles. The summed E-state index contributed by atoms with van der Waals surface area (Å²) in [5, 5.41) is 2.07. The summed E-state index contributed by atoms with van der Waals surface area (Å²) >= 11 is 6.80. The molecule has 0 aliphatic rings. The third kappa shape index (κ3) is 6.17. The van der Waals surface area contributed by atoms with Crippen molar-refractivity contribution in [2.45, 2.75) is 37.0 Å². The Labute approximate surface area is 220 Å². The van der Waals surface area contributed by atoms with Crippen LogP contribution in [0.1, 0.15) is 30.2 Å². The summed E-state index contributed by atoms with van der Waals surface area (Å²) in [6.45, 7) is 4.27. The molecule has 0 saturated heterocycles. The first-order valence-corrected chi connectivity index (χ1v) is 12.7. The lowest BCUT2D eigenvalue weighted by molar-refractivity contribution is -0.137. The van der Waals surface area contributed by atoms with Crippen LogP contribution in [0.4, 0.5) is 18.9 Å². The van der Waals surface area contributed by atoms with Crippen LogP contribution in [-0.4, -0.2) is 15.5 Å². The van der Waals surface area contributed by atoms with E-state index in [1.807, 2.05) is 13.8 Å². The van der Waals surface area contributed by atoms with Crippen LogP contribution in [0.5, 0.6) is 0 Å².